The lowest BCUT2D eigenvalue weighted by Gasteiger charge is -2.24. The van der Waals surface area contributed by atoms with E-state index in [9.17, 15) is 4.79 Å². The highest BCUT2D eigenvalue weighted by Crippen LogP contribution is 2.37. The van der Waals surface area contributed by atoms with Crippen LogP contribution in [-0.2, 0) is 4.79 Å². The molecule has 0 bridgehead atoms. The van der Waals surface area contributed by atoms with Crippen molar-refractivity contribution >= 4 is 5.78 Å². The Morgan fingerprint density at radius 3 is 2.31 bits per heavy atom. The van der Waals surface area contributed by atoms with Crippen molar-refractivity contribution in [3.05, 3.63) is 0 Å². The summed E-state index contributed by atoms with van der Waals surface area (Å²) in [6.07, 6.45) is 7.60. The van der Waals surface area contributed by atoms with Crippen molar-refractivity contribution in [2.24, 2.45) is 11.3 Å². The molecular weight excluding hydrogens is 198 g/mol. The van der Waals surface area contributed by atoms with Gasteiger partial charge in [0.1, 0.15) is 5.78 Å². The summed E-state index contributed by atoms with van der Waals surface area (Å²) in [7, 11) is 0. The molecule has 0 aromatic heterocycles. The summed E-state index contributed by atoms with van der Waals surface area (Å²) in [6, 6.07) is 0. The molecule has 0 N–H and O–H groups in total. The van der Waals surface area contributed by atoms with E-state index in [0.29, 0.717) is 11.7 Å². The number of nitrogens with zero attached hydrogens (tertiary/aromatic N) is 1. The van der Waals surface area contributed by atoms with Crippen LogP contribution in [0.4, 0.5) is 0 Å². The molecule has 92 valence electrons. The number of ketones is 1. The first kappa shape index (κ1) is 12.1. The molecule has 2 heteroatoms. The maximum Gasteiger partial charge on any atom is 0.142 e. The fraction of sp³-hybridized carbons (Fsp3) is 0.929. The van der Waals surface area contributed by atoms with Gasteiger partial charge in [-0.25, -0.2) is 0 Å². The molecule has 1 atom stereocenters. The van der Waals surface area contributed by atoms with Crippen molar-refractivity contribution in [3.63, 3.8) is 0 Å². The quantitative estimate of drug-likeness (QED) is 0.717. The van der Waals surface area contributed by atoms with Gasteiger partial charge in [-0.05, 0) is 38.8 Å². The molecular formula is C14H25NO. The van der Waals surface area contributed by atoms with E-state index in [1.54, 1.807) is 0 Å². The lowest BCUT2D eigenvalue weighted by molar-refractivity contribution is -0.127. The molecule has 0 radical (unpaired) electrons. The molecule has 0 aromatic rings. The first-order chi connectivity index (χ1) is 7.59. The summed E-state index contributed by atoms with van der Waals surface area (Å²) >= 11 is 0. The van der Waals surface area contributed by atoms with Gasteiger partial charge in [-0.3, -0.25) is 4.79 Å². The van der Waals surface area contributed by atoms with Gasteiger partial charge in [-0.15, -0.1) is 0 Å². The molecule has 1 saturated carbocycles. The van der Waals surface area contributed by atoms with Crippen LogP contribution in [0.1, 0.15) is 52.4 Å². The minimum Gasteiger partial charge on any atom is -0.303 e. The molecule has 1 aliphatic carbocycles. The van der Waals surface area contributed by atoms with Crippen LogP contribution in [0, 0.1) is 11.3 Å². The number of carbonyl (C=O) groups is 1. The van der Waals surface area contributed by atoms with Gasteiger partial charge in [0.2, 0.25) is 0 Å². The van der Waals surface area contributed by atoms with E-state index in [4.69, 9.17) is 0 Å². The maximum atomic E-state index is 12.2. The molecule has 2 fully saturated rings. The average molecular weight is 223 g/mol. The molecule has 0 spiro atoms. The number of rotatable bonds is 2. The van der Waals surface area contributed by atoms with E-state index in [0.717, 1.165) is 19.4 Å². The second-order valence-electron chi connectivity index (χ2n) is 6.20. The van der Waals surface area contributed by atoms with Gasteiger partial charge >= 0.3 is 0 Å². The third kappa shape index (κ3) is 2.65. The molecule has 2 aliphatic rings. The lowest BCUT2D eigenvalue weighted by Crippen LogP contribution is -2.34. The van der Waals surface area contributed by atoms with Crippen LogP contribution in [0.2, 0.25) is 0 Å². The highest BCUT2D eigenvalue weighted by Gasteiger charge is 2.40. The molecule has 0 aromatic carbocycles. The Labute approximate surface area is 99.4 Å². The largest absolute Gasteiger partial charge is 0.303 e. The predicted octanol–water partition coefficient (Wildman–Crippen LogP) is 2.87. The summed E-state index contributed by atoms with van der Waals surface area (Å²) in [6.45, 7) is 7.67. The van der Waals surface area contributed by atoms with Crippen LogP contribution in [0.15, 0.2) is 0 Å². The molecule has 0 amide bonds. The van der Waals surface area contributed by atoms with Gasteiger partial charge in [0, 0.05) is 17.9 Å². The predicted molar refractivity (Wildman–Crippen MR) is 66.4 cm³/mol. The van der Waals surface area contributed by atoms with Gasteiger partial charge < -0.3 is 4.90 Å². The lowest BCUT2D eigenvalue weighted by atomic mass is 9.89. The first-order valence-corrected chi connectivity index (χ1v) is 6.86. The second-order valence-corrected chi connectivity index (χ2v) is 6.20. The van der Waals surface area contributed by atoms with Gasteiger partial charge in [0.15, 0.2) is 0 Å². The molecule has 2 nitrogen and oxygen atoms in total. The molecule has 16 heavy (non-hydrogen) atoms. The van der Waals surface area contributed by atoms with Gasteiger partial charge in [0.05, 0.1) is 0 Å². The third-order valence-corrected chi connectivity index (χ3v) is 4.33. The zero-order valence-corrected chi connectivity index (χ0v) is 10.8. The summed E-state index contributed by atoms with van der Waals surface area (Å²) in [5.41, 5.74) is -0.0451. The van der Waals surface area contributed by atoms with Crippen molar-refractivity contribution < 1.29 is 4.79 Å². The van der Waals surface area contributed by atoms with Crippen LogP contribution in [0.3, 0.4) is 0 Å². The first-order valence-electron chi connectivity index (χ1n) is 6.86. The van der Waals surface area contributed by atoms with E-state index in [1.807, 2.05) is 0 Å². The highest BCUT2D eigenvalue weighted by atomic mass is 16.1. The fourth-order valence-electron chi connectivity index (χ4n) is 3.15. The number of carbonyl (C=O) groups excluding carboxylic acids is 1. The van der Waals surface area contributed by atoms with Crippen LogP contribution < -0.4 is 0 Å². The third-order valence-electron chi connectivity index (χ3n) is 4.33. The number of hydrogen-bond acceptors (Lipinski definition) is 2. The van der Waals surface area contributed by atoms with Crippen molar-refractivity contribution in [2.75, 3.05) is 19.6 Å². The van der Waals surface area contributed by atoms with Crippen LogP contribution in [0.5, 0.6) is 0 Å². The summed E-state index contributed by atoms with van der Waals surface area (Å²) < 4.78 is 0. The molecule has 1 aliphatic heterocycles. The summed E-state index contributed by atoms with van der Waals surface area (Å²) in [4.78, 5) is 14.7. The Kier molecular flexibility index (Phi) is 3.68. The number of Topliss-reactive ketones (excluding diaryl/α,β-unsaturated/α-hetero) is 1. The summed E-state index contributed by atoms with van der Waals surface area (Å²) in [5.74, 6) is 0.838. The van der Waals surface area contributed by atoms with Crippen LogP contribution in [0.25, 0.3) is 0 Å². The zero-order valence-electron chi connectivity index (χ0n) is 10.8. The molecule has 1 saturated heterocycles. The molecule has 1 unspecified atom stereocenters. The maximum absolute atomic E-state index is 12.2. The smallest absolute Gasteiger partial charge is 0.142 e. The van der Waals surface area contributed by atoms with E-state index in [2.05, 4.69) is 18.7 Å². The van der Waals surface area contributed by atoms with E-state index >= 15 is 0 Å². The molecule has 2 rings (SSSR count). The van der Waals surface area contributed by atoms with Crippen molar-refractivity contribution in [1.82, 2.24) is 4.90 Å². The number of likely N-dealkylation sites (tertiary alicyclic amines) is 1. The SMILES string of the molecule is CC1(C)CCC(CN2CCCCCC2)C1=O. The van der Waals surface area contributed by atoms with Crippen LogP contribution >= 0.6 is 0 Å². The summed E-state index contributed by atoms with van der Waals surface area (Å²) in [5, 5.41) is 0. The Bertz CT molecular complexity index is 251. The van der Waals surface area contributed by atoms with Crippen molar-refractivity contribution in [3.8, 4) is 0 Å². The van der Waals surface area contributed by atoms with Gasteiger partial charge in [-0.1, -0.05) is 26.7 Å². The van der Waals surface area contributed by atoms with E-state index in [-0.39, 0.29) is 5.41 Å². The Morgan fingerprint density at radius 2 is 1.81 bits per heavy atom. The number of hydrogen-bond donors (Lipinski definition) is 0. The topological polar surface area (TPSA) is 20.3 Å². The van der Waals surface area contributed by atoms with Crippen LogP contribution in [-0.4, -0.2) is 30.3 Å². The standard InChI is InChI=1S/C14H25NO/c1-14(2)8-7-12(13(14)16)11-15-9-5-3-4-6-10-15/h12H,3-11H2,1-2H3. The van der Waals surface area contributed by atoms with E-state index < -0.39 is 0 Å². The van der Waals surface area contributed by atoms with Crippen molar-refractivity contribution in [1.29, 1.82) is 0 Å². The minimum absolute atomic E-state index is 0.0451. The Hall–Kier alpha value is -0.370. The zero-order chi connectivity index (χ0) is 11.6. The highest BCUT2D eigenvalue weighted by molar-refractivity contribution is 5.88. The second kappa shape index (κ2) is 4.87. The van der Waals surface area contributed by atoms with Crippen molar-refractivity contribution in [2.45, 2.75) is 52.4 Å². The molecule has 1 heterocycles. The minimum atomic E-state index is -0.0451. The van der Waals surface area contributed by atoms with E-state index in [1.165, 1.54) is 38.8 Å². The Balaban J connectivity index is 1.87. The van der Waals surface area contributed by atoms with Gasteiger partial charge in [0.25, 0.3) is 0 Å². The fourth-order valence-corrected chi connectivity index (χ4v) is 3.15. The van der Waals surface area contributed by atoms with Gasteiger partial charge in [-0.2, -0.15) is 0 Å². The monoisotopic (exact) mass is 223 g/mol. The average Bonchev–Trinajstić information content (AvgIpc) is 2.50. The Morgan fingerprint density at radius 1 is 1.19 bits per heavy atom. The normalized spacial score (nSPS) is 31.6.